The summed E-state index contributed by atoms with van der Waals surface area (Å²) < 4.78 is 16.4. The second-order valence-electron chi connectivity index (χ2n) is 6.75. The van der Waals surface area contributed by atoms with Crippen molar-refractivity contribution in [2.75, 3.05) is 47.5 Å². The number of pyridine rings is 1. The molecule has 28 heavy (non-hydrogen) atoms. The molecule has 0 N–H and O–H groups in total. The van der Waals surface area contributed by atoms with Crippen molar-refractivity contribution in [2.45, 2.75) is 13.5 Å². The van der Waals surface area contributed by atoms with Gasteiger partial charge in [-0.3, -0.25) is 14.7 Å². The summed E-state index contributed by atoms with van der Waals surface area (Å²) in [6.07, 6.45) is 1.65. The van der Waals surface area contributed by atoms with Gasteiger partial charge >= 0.3 is 0 Å². The molecule has 2 aromatic rings. The van der Waals surface area contributed by atoms with Crippen molar-refractivity contribution < 1.29 is 19.0 Å². The minimum atomic E-state index is 0.0378. The number of nitrogens with zero attached hydrogens (tertiary/aromatic N) is 3. The molecule has 3 rings (SSSR count). The maximum absolute atomic E-state index is 12.6. The number of hydrogen-bond acceptors (Lipinski definition) is 6. The van der Waals surface area contributed by atoms with Gasteiger partial charge in [-0.1, -0.05) is 6.07 Å². The Hall–Kier alpha value is -2.80. The van der Waals surface area contributed by atoms with E-state index in [4.69, 9.17) is 14.2 Å². The zero-order chi connectivity index (χ0) is 20.1. The third-order valence-electron chi connectivity index (χ3n) is 5.00. The average molecular weight is 385 g/mol. The number of hydrogen-bond donors (Lipinski definition) is 0. The first-order valence-electron chi connectivity index (χ1n) is 9.29. The zero-order valence-corrected chi connectivity index (χ0v) is 16.9. The lowest BCUT2D eigenvalue weighted by Crippen LogP contribution is -2.48. The highest BCUT2D eigenvalue weighted by atomic mass is 16.5. The van der Waals surface area contributed by atoms with Crippen molar-refractivity contribution in [2.24, 2.45) is 0 Å². The fourth-order valence-corrected chi connectivity index (χ4v) is 3.41. The summed E-state index contributed by atoms with van der Waals surface area (Å²) in [5, 5.41) is 0. The predicted molar refractivity (Wildman–Crippen MR) is 106 cm³/mol. The van der Waals surface area contributed by atoms with Crippen molar-refractivity contribution in [3.63, 3.8) is 0 Å². The SMILES string of the molecule is COc1ccc(CN2CCN(C(=O)c3ccc(C)nc3)CC2)c(OC)c1OC. The largest absolute Gasteiger partial charge is 0.493 e. The van der Waals surface area contributed by atoms with Gasteiger partial charge in [-0.15, -0.1) is 0 Å². The number of rotatable bonds is 6. The first kappa shape index (κ1) is 19.9. The Morgan fingerprint density at radius 1 is 0.964 bits per heavy atom. The Bertz CT molecular complexity index is 815. The van der Waals surface area contributed by atoms with E-state index in [9.17, 15) is 4.79 Å². The molecule has 150 valence electrons. The number of aryl methyl sites for hydroxylation is 1. The van der Waals surface area contributed by atoms with E-state index in [1.54, 1.807) is 27.5 Å². The Morgan fingerprint density at radius 3 is 2.25 bits per heavy atom. The van der Waals surface area contributed by atoms with Gasteiger partial charge in [0.1, 0.15) is 0 Å². The van der Waals surface area contributed by atoms with Crippen LogP contribution in [-0.2, 0) is 6.54 Å². The van der Waals surface area contributed by atoms with Gasteiger partial charge in [-0.05, 0) is 25.1 Å². The number of benzene rings is 1. The van der Waals surface area contributed by atoms with Crippen LogP contribution in [0, 0.1) is 6.92 Å². The van der Waals surface area contributed by atoms with Crippen LogP contribution in [0.3, 0.4) is 0 Å². The van der Waals surface area contributed by atoms with Crippen molar-refractivity contribution in [1.29, 1.82) is 0 Å². The van der Waals surface area contributed by atoms with E-state index in [1.165, 1.54) is 0 Å². The van der Waals surface area contributed by atoms with Crippen molar-refractivity contribution in [3.8, 4) is 17.2 Å². The molecule has 1 aromatic carbocycles. The normalized spacial score (nSPS) is 14.6. The smallest absolute Gasteiger partial charge is 0.255 e. The molecule has 0 unspecified atom stereocenters. The molecular formula is C21H27N3O4. The van der Waals surface area contributed by atoms with Crippen molar-refractivity contribution >= 4 is 5.91 Å². The van der Waals surface area contributed by atoms with E-state index >= 15 is 0 Å². The molecule has 2 heterocycles. The van der Waals surface area contributed by atoms with Gasteiger partial charge in [0.15, 0.2) is 11.5 Å². The molecule has 0 radical (unpaired) electrons. The molecular weight excluding hydrogens is 358 g/mol. The van der Waals surface area contributed by atoms with Crippen LogP contribution in [0.1, 0.15) is 21.6 Å². The number of piperazine rings is 1. The van der Waals surface area contributed by atoms with E-state index in [2.05, 4.69) is 9.88 Å². The van der Waals surface area contributed by atoms with Crippen LogP contribution in [0.5, 0.6) is 17.2 Å². The fourth-order valence-electron chi connectivity index (χ4n) is 3.41. The molecule has 0 aliphatic carbocycles. The average Bonchev–Trinajstić information content (AvgIpc) is 2.73. The van der Waals surface area contributed by atoms with Gasteiger partial charge in [-0.2, -0.15) is 0 Å². The van der Waals surface area contributed by atoms with E-state index in [0.717, 1.165) is 30.9 Å². The second-order valence-corrected chi connectivity index (χ2v) is 6.75. The van der Waals surface area contributed by atoms with Gasteiger partial charge in [0.2, 0.25) is 5.75 Å². The molecule has 1 aliphatic rings. The van der Waals surface area contributed by atoms with Crippen LogP contribution in [-0.4, -0.2) is 68.2 Å². The molecule has 0 spiro atoms. The molecule has 1 fully saturated rings. The summed E-state index contributed by atoms with van der Waals surface area (Å²) in [5.74, 6) is 1.97. The van der Waals surface area contributed by atoms with Crippen LogP contribution in [0.2, 0.25) is 0 Å². The summed E-state index contributed by atoms with van der Waals surface area (Å²) in [6.45, 7) is 5.59. The highest BCUT2D eigenvalue weighted by Crippen LogP contribution is 2.40. The number of amides is 1. The third-order valence-corrected chi connectivity index (χ3v) is 5.00. The minimum absolute atomic E-state index is 0.0378. The number of carbonyl (C=O) groups excluding carboxylic acids is 1. The van der Waals surface area contributed by atoms with Crippen LogP contribution < -0.4 is 14.2 Å². The molecule has 1 aromatic heterocycles. The quantitative estimate of drug-likeness (QED) is 0.761. The zero-order valence-electron chi connectivity index (χ0n) is 16.9. The maximum Gasteiger partial charge on any atom is 0.255 e. The standard InChI is InChI=1S/C21H27N3O4/c1-15-5-6-16(13-22-15)21(25)24-11-9-23(10-12-24)14-17-7-8-18(26-2)20(28-4)19(17)27-3/h5-8,13H,9-12,14H2,1-4H3. The van der Waals surface area contributed by atoms with Gasteiger partial charge in [0.25, 0.3) is 5.91 Å². The van der Waals surface area contributed by atoms with Crippen LogP contribution in [0.15, 0.2) is 30.5 Å². The summed E-state index contributed by atoms with van der Waals surface area (Å²) in [7, 11) is 4.85. The van der Waals surface area contributed by atoms with Crippen molar-refractivity contribution in [3.05, 3.63) is 47.3 Å². The maximum atomic E-state index is 12.6. The summed E-state index contributed by atoms with van der Waals surface area (Å²) in [5.41, 5.74) is 2.58. The lowest BCUT2D eigenvalue weighted by molar-refractivity contribution is 0.0627. The van der Waals surface area contributed by atoms with Gasteiger partial charge in [0.05, 0.1) is 26.9 Å². The molecule has 0 bridgehead atoms. The molecule has 0 saturated carbocycles. The van der Waals surface area contributed by atoms with E-state index in [1.807, 2.05) is 36.1 Å². The first-order chi connectivity index (χ1) is 13.6. The Morgan fingerprint density at radius 2 is 1.68 bits per heavy atom. The fraction of sp³-hybridized carbons (Fsp3) is 0.429. The predicted octanol–water partition coefficient (Wildman–Crippen LogP) is 2.37. The van der Waals surface area contributed by atoms with Gasteiger partial charge < -0.3 is 19.1 Å². The van der Waals surface area contributed by atoms with Crippen LogP contribution in [0.4, 0.5) is 0 Å². The van der Waals surface area contributed by atoms with E-state index < -0.39 is 0 Å². The summed E-state index contributed by atoms with van der Waals surface area (Å²) >= 11 is 0. The van der Waals surface area contributed by atoms with Gasteiger partial charge in [-0.25, -0.2) is 0 Å². The Labute approximate surface area is 165 Å². The minimum Gasteiger partial charge on any atom is -0.493 e. The highest BCUT2D eigenvalue weighted by molar-refractivity contribution is 5.94. The monoisotopic (exact) mass is 385 g/mol. The molecule has 7 heteroatoms. The lowest BCUT2D eigenvalue weighted by Gasteiger charge is -2.35. The van der Waals surface area contributed by atoms with Crippen LogP contribution in [0.25, 0.3) is 0 Å². The Balaban J connectivity index is 1.64. The van der Waals surface area contributed by atoms with Crippen molar-refractivity contribution in [1.82, 2.24) is 14.8 Å². The molecule has 0 atom stereocenters. The number of ether oxygens (including phenoxy) is 3. The third kappa shape index (κ3) is 4.20. The number of aromatic nitrogens is 1. The molecule has 7 nitrogen and oxygen atoms in total. The number of carbonyl (C=O) groups is 1. The van der Waals surface area contributed by atoms with E-state index in [-0.39, 0.29) is 5.91 Å². The summed E-state index contributed by atoms with van der Waals surface area (Å²) in [6, 6.07) is 7.59. The van der Waals surface area contributed by atoms with E-state index in [0.29, 0.717) is 35.9 Å². The molecule has 1 saturated heterocycles. The highest BCUT2D eigenvalue weighted by Gasteiger charge is 2.24. The Kier molecular flexibility index (Phi) is 6.36. The van der Waals surface area contributed by atoms with Crippen LogP contribution >= 0.6 is 0 Å². The second kappa shape index (κ2) is 8.93. The first-order valence-corrected chi connectivity index (χ1v) is 9.29. The molecule has 1 aliphatic heterocycles. The van der Waals surface area contributed by atoms with Gasteiger partial charge in [0, 0.05) is 50.2 Å². The summed E-state index contributed by atoms with van der Waals surface area (Å²) in [4.78, 5) is 21.1. The topological polar surface area (TPSA) is 64.1 Å². The number of methoxy groups -OCH3 is 3. The lowest BCUT2D eigenvalue weighted by atomic mass is 10.1. The molecule has 1 amide bonds.